The first-order chi connectivity index (χ1) is 10.7. The van der Waals surface area contributed by atoms with Gasteiger partial charge in [-0.2, -0.15) is 0 Å². The minimum Gasteiger partial charge on any atom is -0.357 e. The van der Waals surface area contributed by atoms with Crippen LogP contribution in [0.2, 0.25) is 0 Å². The lowest BCUT2D eigenvalue weighted by Gasteiger charge is -2.27. The summed E-state index contributed by atoms with van der Waals surface area (Å²) in [6, 6.07) is 1.49. The largest absolute Gasteiger partial charge is 0.357 e. The molecule has 2 fully saturated rings. The van der Waals surface area contributed by atoms with Gasteiger partial charge in [0.1, 0.15) is 17.7 Å². The molecular formula is C15H21N5O2. The van der Waals surface area contributed by atoms with E-state index in [-0.39, 0.29) is 18.4 Å². The Morgan fingerprint density at radius 1 is 1.36 bits per heavy atom. The van der Waals surface area contributed by atoms with E-state index in [0.717, 1.165) is 18.9 Å². The fourth-order valence-corrected chi connectivity index (χ4v) is 2.87. The van der Waals surface area contributed by atoms with Gasteiger partial charge in [-0.3, -0.25) is 9.59 Å². The molecule has 0 aliphatic carbocycles. The molecule has 22 heavy (non-hydrogen) atoms. The van der Waals surface area contributed by atoms with Gasteiger partial charge in [-0.05, 0) is 31.7 Å². The van der Waals surface area contributed by atoms with Crippen LogP contribution in [0, 0.1) is 0 Å². The number of rotatable bonds is 4. The van der Waals surface area contributed by atoms with E-state index < -0.39 is 6.04 Å². The van der Waals surface area contributed by atoms with E-state index in [1.165, 1.54) is 19.3 Å². The van der Waals surface area contributed by atoms with E-state index in [9.17, 15) is 9.59 Å². The highest BCUT2D eigenvalue weighted by atomic mass is 16.2. The molecule has 0 spiro atoms. The van der Waals surface area contributed by atoms with Crippen molar-refractivity contribution in [2.24, 2.45) is 0 Å². The minimum atomic E-state index is -0.419. The summed E-state index contributed by atoms with van der Waals surface area (Å²) < 4.78 is 0. The van der Waals surface area contributed by atoms with Crippen molar-refractivity contribution < 1.29 is 9.59 Å². The fraction of sp³-hybridized carbons (Fsp3) is 0.600. The number of anilines is 1. The second-order valence-corrected chi connectivity index (χ2v) is 5.76. The van der Waals surface area contributed by atoms with Crippen LogP contribution in [-0.2, 0) is 16.1 Å². The molecule has 1 atom stereocenters. The van der Waals surface area contributed by atoms with Gasteiger partial charge in [0, 0.05) is 25.7 Å². The molecule has 2 N–H and O–H groups in total. The van der Waals surface area contributed by atoms with Crippen molar-refractivity contribution in [3.63, 3.8) is 0 Å². The van der Waals surface area contributed by atoms with E-state index in [2.05, 4.69) is 25.5 Å². The molecule has 2 aliphatic heterocycles. The number of nitrogens with zero attached hydrogens (tertiary/aromatic N) is 3. The summed E-state index contributed by atoms with van der Waals surface area (Å²) in [5.74, 6) is 1.29. The topological polar surface area (TPSA) is 87.2 Å². The zero-order valence-corrected chi connectivity index (χ0v) is 12.5. The van der Waals surface area contributed by atoms with E-state index in [1.807, 2.05) is 6.07 Å². The third kappa shape index (κ3) is 3.52. The van der Waals surface area contributed by atoms with Crippen LogP contribution >= 0.6 is 0 Å². The predicted molar refractivity (Wildman–Crippen MR) is 81.1 cm³/mol. The Hall–Kier alpha value is -2.18. The molecule has 7 heteroatoms. The summed E-state index contributed by atoms with van der Waals surface area (Å²) in [6.45, 7) is 2.33. The average molecular weight is 303 g/mol. The zero-order chi connectivity index (χ0) is 15.4. The number of nitrogens with one attached hydrogen (secondary N) is 2. The average Bonchev–Trinajstić information content (AvgIpc) is 3.00. The molecule has 0 unspecified atom stereocenters. The molecule has 3 rings (SSSR count). The van der Waals surface area contributed by atoms with Crippen LogP contribution in [0.4, 0.5) is 5.82 Å². The molecule has 0 radical (unpaired) electrons. The maximum atomic E-state index is 12.0. The predicted octanol–water partition coefficient (Wildman–Crippen LogP) is 0.362. The number of carbonyl (C=O) groups is 2. The van der Waals surface area contributed by atoms with Gasteiger partial charge in [-0.1, -0.05) is 0 Å². The summed E-state index contributed by atoms with van der Waals surface area (Å²) in [6.07, 6.45) is 6.36. The molecule has 2 aliphatic rings. The molecule has 2 saturated heterocycles. The zero-order valence-electron chi connectivity index (χ0n) is 12.5. The van der Waals surface area contributed by atoms with Gasteiger partial charge in [0.15, 0.2) is 0 Å². The van der Waals surface area contributed by atoms with Gasteiger partial charge >= 0.3 is 0 Å². The van der Waals surface area contributed by atoms with Crippen molar-refractivity contribution in [2.45, 2.75) is 44.7 Å². The summed E-state index contributed by atoms with van der Waals surface area (Å²) in [5, 5.41) is 5.45. The van der Waals surface area contributed by atoms with Gasteiger partial charge < -0.3 is 15.5 Å². The van der Waals surface area contributed by atoms with Crippen LogP contribution in [0.15, 0.2) is 12.3 Å². The van der Waals surface area contributed by atoms with Crippen LogP contribution in [0.5, 0.6) is 0 Å². The first-order valence-electron chi connectivity index (χ1n) is 7.86. The Kier molecular flexibility index (Phi) is 4.50. The van der Waals surface area contributed by atoms with Crippen molar-refractivity contribution >= 4 is 17.6 Å². The second kappa shape index (κ2) is 6.72. The Labute approximate surface area is 129 Å². The van der Waals surface area contributed by atoms with Crippen molar-refractivity contribution in [3.05, 3.63) is 18.1 Å². The first-order valence-corrected chi connectivity index (χ1v) is 7.86. The normalized spacial score (nSPS) is 21.5. The van der Waals surface area contributed by atoms with Crippen molar-refractivity contribution in [3.8, 4) is 0 Å². The lowest BCUT2D eigenvalue weighted by Crippen LogP contribution is -2.41. The number of carbonyl (C=O) groups excluding carboxylic acids is 2. The smallest absolute Gasteiger partial charge is 0.242 e. The van der Waals surface area contributed by atoms with Gasteiger partial charge in [0.25, 0.3) is 0 Å². The maximum absolute atomic E-state index is 12.0. The highest BCUT2D eigenvalue weighted by Gasteiger charge is 2.26. The van der Waals surface area contributed by atoms with Gasteiger partial charge in [0.05, 0.1) is 6.54 Å². The third-order valence-electron chi connectivity index (χ3n) is 4.10. The van der Waals surface area contributed by atoms with Gasteiger partial charge in [-0.25, -0.2) is 9.97 Å². The van der Waals surface area contributed by atoms with Crippen LogP contribution in [0.25, 0.3) is 0 Å². The molecule has 0 aromatic carbocycles. The second-order valence-electron chi connectivity index (χ2n) is 5.76. The van der Waals surface area contributed by atoms with Crippen molar-refractivity contribution in [1.29, 1.82) is 0 Å². The van der Waals surface area contributed by atoms with Crippen molar-refractivity contribution in [1.82, 2.24) is 20.6 Å². The summed E-state index contributed by atoms with van der Waals surface area (Å²) in [7, 11) is 0. The summed E-state index contributed by atoms with van der Waals surface area (Å²) in [4.78, 5) is 34.1. The maximum Gasteiger partial charge on any atom is 0.242 e. The van der Waals surface area contributed by atoms with Crippen LogP contribution < -0.4 is 15.5 Å². The number of amides is 2. The van der Waals surface area contributed by atoms with Crippen LogP contribution in [0.1, 0.15) is 37.9 Å². The highest BCUT2D eigenvalue weighted by molar-refractivity contribution is 5.90. The molecule has 7 nitrogen and oxygen atoms in total. The molecule has 118 valence electrons. The molecule has 1 aromatic rings. The minimum absolute atomic E-state index is 0.0662. The van der Waals surface area contributed by atoms with Gasteiger partial charge in [-0.15, -0.1) is 0 Å². The van der Waals surface area contributed by atoms with E-state index in [4.69, 9.17) is 0 Å². The number of aromatic nitrogens is 2. The first kappa shape index (κ1) is 14.7. The summed E-state index contributed by atoms with van der Waals surface area (Å²) in [5.41, 5.74) is 0. The molecule has 3 heterocycles. The SMILES string of the molecule is O=C1CC[C@@H](C(=O)NCc2nccc(N3CCCCC3)n2)N1. The van der Waals surface area contributed by atoms with Crippen LogP contribution in [0.3, 0.4) is 0 Å². The quantitative estimate of drug-likeness (QED) is 0.839. The Morgan fingerprint density at radius 3 is 2.91 bits per heavy atom. The van der Waals surface area contributed by atoms with Crippen molar-refractivity contribution in [2.75, 3.05) is 18.0 Å². The van der Waals surface area contributed by atoms with Gasteiger partial charge in [0.2, 0.25) is 11.8 Å². The highest BCUT2D eigenvalue weighted by Crippen LogP contribution is 2.16. The van der Waals surface area contributed by atoms with E-state index >= 15 is 0 Å². The lowest BCUT2D eigenvalue weighted by molar-refractivity contribution is -0.125. The standard InChI is InChI=1S/C15H21N5O2/c21-14-5-4-11(18-14)15(22)17-10-12-16-7-6-13(19-12)20-8-2-1-3-9-20/h6-7,11H,1-5,8-10H2,(H,17,22)(H,18,21)/t11-/m0/s1. The van der Waals surface area contributed by atoms with Crippen LogP contribution in [-0.4, -0.2) is 40.9 Å². The molecule has 1 aromatic heterocycles. The number of piperidine rings is 1. The Balaban J connectivity index is 1.56. The van der Waals surface area contributed by atoms with E-state index in [1.54, 1.807) is 6.20 Å². The Morgan fingerprint density at radius 2 is 2.18 bits per heavy atom. The molecular weight excluding hydrogens is 282 g/mol. The fourth-order valence-electron chi connectivity index (χ4n) is 2.87. The van der Waals surface area contributed by atoms with E-state index in [0.29, 0.717) is 18.7 Å². The third-order valence-corrected chi connectivity index (χ3v) is 4.10. The lowest BCUT2D eigenvalue weighted by atomic mass is 10.1. The summed E-state index contributed by atoms with van der Waals surface area (Å²) >= 11 is 0. The molecule has 0 bridgehead atoms. The molecule has 2 amide bonds. The number of hydrogen-bond donors (Lipinski definition) is 2. The number of hydrogen-bond acceptors (Lipinski definition) is 5. The monoisotopic (exact) mass is 303 g/mol. The Bertz CT molecular complexity index is 557. The molecule has 0 saturated carbocycles.